The standard InChI is InChI=1S/C17H22N4O2/c1-5-21(6-2)16-11-15(18-12(3)19-16)17(22)20-13-8-7-9-14(10-13)23-4/h7-11H,5-6H2,1-4H3,(H,20,22). The van der Waals surface area contributed by atoms with Gasteiger partial charge in [-0.3, -0.25) is 4.79 Å². The van der Waals surface area contributed by atoms with Crippen LogP contribution in [0.15, 0.2) is 30.3 Å². The maximum atomic E-state index is 12.5. The molecule has 0 aliphatic carbocycles. The van der Waals surface area contributed by atoms with Crippen LogP contribution in [0.4, 0.5) is 11.5 Å². The summed E-state index contributed by atoms with van der Waals surface area (Å²) in [5, 5.41) is 2.83. The van der Waals surface area contributed by atoms with Gasteiger partial charge in [-0.1, -0.05) is 6.07 Å². The Labute approximate surface area is 136 Å². The molecule has 0 unspecified atom stereocenters. The molecule has 122 valence electrons. The van der Waals surface area contributed by atoms with E-state index in [1.165, 1.54) is 0 Å². The van der Waals surface area contributed by atoms with Crippen molar-refractivity contribution in [3.05, 3.63) is 41.9 Å². The fourth-order valence-electron chi connectivity index (χ4n) is 2.27. The van der Waals surface area contributed by atoms with Crippen LogP contribution in [0.3, 0.4) is 0 Å². The quantitative estimate of drug-likeness (QED) is 0.888. The molecular formula is C17H22N4O2. The van der Waals surface area contributed by atoms with E-state index in [-0.39, 0.29) is 5.91 Å². The van der Waals surface area contributed by atoms with Gasteiger partial charge < -0.3 is 15.0 Å². The highest BCUT2D eigenvalue weighted by molar-refractivity contribution is 6.03. The number of carbonyl (C=O) groups is 1. The Bertz CT molecular complexity index is 684. The molecular weight excluding hydrogens is 292 g/mol. The number of amides is 1. The Morgan fingerprint density at radius 2 is 1.96 bits per heavy atom. The Hall–Kier alpha value is -2.63. The third-order valence-electron chi connectivity index (χ3n) is 3.47. The minimum absolute atomic E-state index is 0.267. The van der Waals surface area contributed by atoms with Crippen molar-refractivity contribution in [2.75, 3.05) is 30.4 Å². The van der Waals surface area contributed by atoms with E-state index < -0.39 is 0 Å². The second kappa shape index (κ2) is 7.58. The van der Waals surface area contributed by atoms with Crippen LogP contribution in [0.5, 0.6) is 5.75 Å². The topological polar surface area (TPSA) is 67.4 Å². The van der Waals surface area contributed by atoms with Crippen molar-refractivity contribution in [2.24, 2.45) is 0 Å². The number of benzene rings is 1. The van der Waals surface area contributed by atoms with Crippen molar-refractivity contribution < 1.29 is 9.53 Å². The van der Waals surface area contributed by atoms with E-state index in [0.717, 1.165) is 18.9 Å². The number of aromatic nitrogens is 2. The molecule has 0 saturated carbocycles. The molecule has 1 heterocycles. The Kier molecular flexibility index (Phi) is 5.51. The highest BCUT2D eigenvalue weighted by Gasteiger charge is 2.13. The lowest BCUT2D eigenvalue weighted by atomic mass is 10.2. The fourth-order valence-corrected chi connectivity index (χ4v) is 2.27. The zero-order chi connectivity index (χ0) is 16.8. The van der Waals surface area contributed by atoms with Gasteiger partial charge >= 0.3 is 0 Å². The zero-order valence-electron chi connectivity index (χ0n) is 14.0. The average Bonchev–Trinajstić information content (AvgIpc) is 2.55. The van der Waals surface area contributed by atoms with Gasteiger partial charge in [0.25, 0.3) is 5.91 Å². The Balaban J connectivity index is 2.24. The summed E-state index contributed by atoms with van der Waals surface area (Å²) in [6, 6.07) is 8.93. The largest absolute Gasteiger partial charge is 0.497 e. The summed E-state index contributed by atoms with van der Waals surface area (Å²) in [6.45, 7) is 7.54. The molecule has 0 spiro atoms. The molecule has 2 rings (SSSR count). The maximum absolute atomic E-state index is 12.5. The summed E-state index contributed by atoms with van der Waals surface area (Å²) >= 11 is 0. The molecule has 23 heavy (non-hydrogen) atoms. The number of nitrogens with zero attached hydrogens (tertiary/aromatic N) is 3. The van der Waals surface area contributed by atoms with Crippen molar-refractivity contribution in [2.45, 2.75) is 20.8 Å². The van der Waals surface area contributed by atoms with E-state index in [0.29, 0.717) is 23.0 Å². The molecule has 0 aliphatic rings. The van der Waals surface area contributed by atoms with E-state index in [1.807, 2.05) is 12.1 Å². The van der Waals surface area contributed by atoms with Gasteiger partial charge in [-0.15, -0.1) is 0 Å². The van der Waals surface area contributed by atoms with Crippen molar-refractivity contribution in [3.63, 3.8) is 0 Å². The first-order valence-corrected chi connectivity index (χ1v) is 7.63. The lowest BCUT2D eigenvalue weighted by Gasteiger charge is -2.20. The van der Waals surface area contributed by atoms with Crippen LogP contribution < -0.4 is 15.0 Å². The van der Waals surface area contributed by atoms with Gasteiger partial charge in [0.1, 0.15) is 23.1 Å². The van der Waals surface area contributed by atoms with Crippen molar-refractivity contribution in [1.82, 2.24) is 9.97 Å². The van der Waals surface area contributed by atoms with E-state index in [9.17, 15) is 4.79 Å². The third-order valence-corrected chi connectivity index (χ3v) is 3.47. The second-order valence-electron chi connectivity index (χ2n) is 5.02. The summed E-state index contributed by atoms with van der Waals surface area (Å²) in [5.74, 6) is 1.76. The predicted octanol–water partition coefficient (Wildman–Crippen LogP) is 2.89. The first-order valence-electron chi connectivity index (χ1n) is 7.63. The Morgan fingerprint density at radius 1 is 1.22 bits per heavy atom. The van der Waals surface area contributed by atoms with Crippen LogP contribution in [0, 0.1) is 6.92 Å². The lowest BCUT2D eigenvalue weighted by molar-refractivity contribution is 0.102. The summed E-state index contributed by atoms with van der Waals surface area (Å²) in [7, 11) is 1.59. The number of nitrogens with one attached hydrogen (secondary N) is 1. The molecule has 0 radical (unpaired) electrons. The van der Waals surface area contributed by atoms with E-state index in [4.69, 9.17) is 4.74 Å². The van der Waals surface area contributed by atoms with Crippen molar-refractivity contribution in [3.8, 4) is 5.75 Å². The number of ether oxygens (including phenoxy) is 1. The summed E-state index contributed by atoms with van der Waals surface area (Å²) in [6.07, 6.45) is 0. The number of aryl methyl sites for hydroxylation is 1. The summed E-state index contributed by atoms with van der Waals surface area (Å²) in [5.41, 5.74) is 1.01. The van der Waals surface area contributed by atoms with Crippen LogP contribution in [-0.4, -0.2) is 36.1 Å². The first kappa shape index (κ1) is 16.7. The molecule has 0 fully saturated rings. The van der Waals surface area contributed by atoms with E-state index in [1.54, 1.807) is 32.2 Å². The van der Waals surface area contributed by atoms with Gasteiger partial charge in [-0.2, -0.15) is 0 Å². The number of anilines is 2. The lowest BCUT2D eigenvalue weighted by Crippen LogP contribution is -2.24. The highest BCUT2D eigenvalue weighted by Crippen LogP contribution is 2.18. The minimum Gasteiger partial charge on any atom is -0.497 e. The third kappa shape index (κ3) is 4.18. The minimum atomic E-state index is -0.267. The number of hydrogen-bond donors (Lipinski definition) is 1. The van der Waals surface area contributed by atoms with Gasteiger partial charge in [-0.05, 0) is 32.9 Å². The first-order chi connectivity index (χ1) is 11.1. The molecule has 0 bridgehead atoms. The number of hydrogen-bond acceptors (Lipinski definition) is 5. The molecule has 1 aromatic carbocycles. The Morgan fingerprint density at radius 3 is 2.61 bits per heavy atom. The highest BCUT2D eigenvalue weighted by atomic mass is 16.5. The summed E-state index contributed by atoms with van der Waals surface area (Å²) < 4.78 is 5.16. The molecule has 1 amide bonds. The van der Waals surface area contributed by atoms with Crippen LogP contribution in [-0.2, 0) is 0 Å². The predicted molar refractivity (Wildman–Crippen MR) is 91.3 cm³/mol. The van der Waals surface area contributed by atoms with Gasteiger partial charge in [0.05, 0.1) is 7.11 Å². The number of methoxy groups -OCH3 is 1. The fraction of sp³-hybridized carbons (Fsp3) is 0.353. The second-order valence-corrected chi connectivity index (χ2v) is 5.02. The molecule has 0 atom stereocenters. The number of carbonyl (C=O) groups excluding carboxylic acids is 1. The van der Waals surface area contributed by atoms with Crippen LogP contribution in [0.2, 0.25) is 0 Å². The molecule has 1 aromatic heterocycles. The van der Waals surface area contributed by atoms with Crippen LogP contribution in [0.1, 0.15) is 30.2 Å². The molecule has 1 N–H and O–H groups in total. The molecule has 2 aromatic rings. The van der Waals surface area contributed by atoms with Crippen LogP contribution >= 0.6 is 0 Å². The maximum Gasteiger partial charge on any atom is 0.274 e. The number of rotatable bonds is 6. The monoisotopic (exact) mass is 314 g/mol. The summed E-state index contributed by atoms with van der Waals surface area (Å²) in [4.78, 5) is 23.2. The zero-order valence-corrected chi connectivity index (χ0v) is 14.0. The normalized spacial score (nSPS) is 10.3. The molecule has 0 aliphatic heterocycles. The van der Waals surface area contributed by atoms with Gasteiger partial charge in [0, 0.05) is 30.9 Å². The van der Waals surface area contributed by atoms with Gasteiger partial charge in [-0.25, -0.2) is 9.97 Å². The van der Waals surface area contributed by atoms with Gasteiger partial charge in [0.15, 0.2) is 0 Å². The smallest absolute Gasteiger partial charge is 0.274 e. The van der Waals surface area contributed by atoms with Crippen molar-refractivity contribution >= 4 is 17.4 Å². The van der Waals surface area contributed by atoms with E-state index in [2.05, 4.69) is 34.0 Å². The average molecular weight is 314 g/mol. The van der Waals surface area contributed by atoms with Crippen LogP contribution in [0.25, 0.3) is 0 Å². The molecule has 6 nitrogen and oxygen atoms in total. The van der Waals surface area contributed by atoms with E-state index >= 15 is 0 Å². The molecule has 0 saturated heterocycles. The van der Waals surface area contributed by atoms with Crippen molar-refractivity contribution in [1.29, 1.82) is 0 Å². The van der Waals surface area contributed by atoms with Gasteiger partial charge in [0.2, 0.25) is 0 Å². The SMILES string of the molecule is CCN(CC)c1cc(C(=O)Nc2cccc(OC)c2)nc(C)n1. The molecule has 6 heteroatoms.